The number of nitrogens with zero attached hydrogens (tertiary/aromatic N) is 1. The lowest BCUT2D eigenvalue weighted by Gasteiger charge is -2.09. The summed E-state index contributed by atoms with van der Waals surface area (Å²) in [6.45, 7) is 0. The molecule has 0 spiro atoms. The highest BCUT2D eigenvalue weighted by Gasteiger charge is 2.06. The van der Waals surface area contributed by atoms with E-state index in [1.54, 1.807) is 24.4 Å². The van der Waals surface area contributed by atoms with Crippen molar-refractivity contribution >= 4 is 46.6 Å². The van der Waals surface area contributed by atoms with Crippen molar-refractivity contribution in [2.75, 3.05) is 0 Å². The van der Waals surface area contributed by atoms with Crippen LogP contribution >= 0.6 is 23.6 Å². The lowest BCUT2D eigenvalue weighted by atomic mass is 10.3. The Hall–Kier alpha value is -2.58. The summed E-state index contributed by atoms with van der Waals surface area (Å²) < 4.78 is 0. The molecule has 8 heteroatoms. The number of rotatable bonds is 3. The third-order valence-corrected chi connectivity index (χ3v) is 3.43. The maximum Gasteiger partial charge on any atom is 0.271 e. The van der Waals surface area contributed by atoms with Crippen molar-refractivity contribution in [1.29, 1.82) is 0 Å². The largest absolute Gasteiger partial charge is 0.298 e. The molecule has 0 aromatic carbocycles. The maximum absolute atomic E-state index is 11.7. The molecule has 2 heterocycles. The summed E-state index contributed by atoms with van der Waals surface area (Å²) >= 11 is 6.43. The van der Waals surface area contributed by atoms with Gasteiger partial charge < -0.3 is 0 Å². The topological polar surface area (TPSA) is 83.1 Å². The van der Waals surface area contributed by atoms with Gasteiger partial charge in [0.05, 0.1) is 5.56 Å². The smallest absolute Gasteiger partial charge is 0.271 e. The standard InChI is InChI=1S/C14H12N4O2S2/c19-12(6-5-11-4-2-8-22-11)16-14(21)18-17-13(20)10-3-1-7-15-9-10/h1-9H,(H,17,20)(H2,16,18,19,21). The summed E-state index contributed by atoms with van der Waals surface area (Å²) in [5, 5.41) is 4.33. The minimum absolute atomic E-state index is 0.00179. The van der Waals surface area contributed by atoms with Crippen LogP contribution in [0, 0.1) is 0 Å². The van der Waals surface area contributed by atoms with E-state index in [1.807, 2.05) is 17.5 Å². The van der Waals surface area contributed by atoms with Crippen molar-refractivity contribution < 1.29 is 9.59 Å². The van der Waals surface area contributed by atoms with Crippen molar-refractivity contribution in [3.63, 3.8) is 0 Å². The van der Waals surface area contributed by atoms with E-state index < -0.39 is 5.91 Å². The average molecular weight is 332 g/mol. The fourth-order valence-corrected chi connectivity index (χ4v) is 2.18. The number of hydrogen-bond donors (Lipinski definition) is 3. The van der Waals surface area contributed by atoms with E-state index in [1.165, 1.54) is 23.6 Å². The molecule has 0 unspecified atom stereocenters. The maximum atomic E-state index is 11.7. The predicted molar refractivity (Wildman–Crippen MR) is 88.9 cm³/mol. The van der Waals surface area contributed by atoms with Crippen LogP contribution in [0.25, 0.3) is 6.08 Å². The number of amides is 2. The SMILES string of the molecule is O=C(C=Cc1cccs1)NC(=S)NNC(=O)c1cccnc1. The Morgan fingerprint density at radius 2 is 2.09 bits per heavy atom. The van der Waals surface area contributed by atoms with E-state index >= 15 is 0 Å². The number of carbonyl (C=O) groups excluding carboxylic acids is 2. The van der Waals surface area contributed by atoms with Crippen molar-refractivity contribution in [3.8, 4) is 0 Å². The van der Waals surface area contributed by atoms with Crippen LogP contribution in [0.4, 0.5) is 0 Å². The number of hydrazine groups is 1. The van der Waals surface area contributed by atoms with Crippen LogP contribution in [0.3, 0.4) is 0 Å². The first-order valence-electron chi connectivity index (χ1n) is 6.18. The molecule has 0 radical (unpaired) electrons. The van der Waals surface area contributed by atoms with Gasteiger partial charge in [-0.2, -0.15) is 0 Å². The van der Waals surface area contributed by atoms with E-state index in [4.69, 9.17) is 12.2 Å². The Bertz CT molecular complexity index is 684. The number of thiocarbonyl (C=S) groups is 1. The molecule has 0 bridgehead atoms. The zero-order valence-corrected chi connectivity index (χ0v) is 12.9. The highest BCUT2D eigenvalue weighted by atomic mass is 32.1. The van der Waals surface area contributed by atoms with Gasteiger partial charge in [0.15, 0.2) is 5.11 Å². The molecule has 0 saturated heterocycles. The Kier molecular flexibility index (Phi) is 5.75. The van der Waals surface area contributed by atoms with Gasteiger partial charge in [-0.25, -0.2) is 0 Å². The molecule has 2 rings (SSSR count). The van der Waals surface area contributed by atoms with E-state index in [-0.39, 0.29) is 11.0 Å². The first kappa shape index (κ1) is 15.8. The molecule has 0 fully saturated rings. The second kappa shape index (κ2) is 8.01. The summed E-state index contributed by atoms with van der Waals surface area (Å²) in [5.74, 6) is -0.791. The van der Waals surface area contributed by atoms with Gasteiger partial charge >= 0.3 is 0 Å². The third-order valence-electron chi connectivity index (χ3n) is 2.39. The average Bonchev–Trinajstić information content (AvgIpc) is 3.05. The highest BCUT2D eigenvalue weighted by Crippen LogP contribution is 2.09. The first-order valence-corrected chi connectivity index (χ1v) is 7.47. The van der Waals surface area contributed by atoms with Crippen LogP contribution in [0.1, 0.15) is 15.2 Å². The van der Waals surface area contributed by atoms with Gasteiger partial charge in [-0.1, -0.05) is 6.07 Å². The number of hydrogen-bond acceptors (Lipinski definition) is 5. The second-order valence-electron chi connectivity index (χ2n) is 3.99. The molecule has 2 aromatic rings. The molecule has 0 aliphatic carbocycles. The summed E-state index contributed by atoms with van der Waals surface area (Å²) in [5.41, 5.74) is 5.19. The molecule has 3 N–H and O–H groups in total. The quantitative estimate of drug-likeness (QED) is 0.451. The Labute approximate surface area is 136 Å². The lowest BCUT2D eigenvalue weighted by Crippen LogP contribution is -2.48. The van der Waals surface area contributed by atoms with Crippen LogP contribution < -0.4 is 16.2 Å². The van der Waals surface area contributed by atoms with E-state index in [2.05, 4.69) is 21.2 Å². The zero-order valence-electron chi connectivity index (χ0n) is 11.3. The fraction of sp³-hybridized carbons (Fsp3) is 0. The molecule has 2 aromatic heterocycles. The summed E-state index contributed by atoms with van der Waals surface area (Å²) in [6, 6.07) is 7.03. The summed E-state index contributed by atoms with van der Waals surface area (Å²) in [6.07, 6.45) is 6.02. The van der Waals surface area contributed by atoms with Crippen LogP contribution in [-0.2, 0) is 4.79 Å². The first-order chi connectivity index (χ1) is 10.6. The molecule has 6 nitrogen and oxygen atoms in total. The van der Waals surface area contributed by atoms with Gasteiger partial charge in [0.1, 0.15) is 0 Å². The monoisotopic (exact) mass is 332 g/mol. The zero-order chi connectivity index (χ0) is 15.8. The molecule has 0 aliphatic heterocycles. The van der Waals surface area contributed by atoms with Gasteiger partial charge in [0.2, 0.25) is 5.91 Å². The van der Waals surface area contributed by atoms with Crippen molar-refractivity contribution in [3.05, 3.63) is 58.6 Å². The van der Waals surface area contributed by atoms with Gasteiger partial charge in [0.25, 0.3) is 5.91 Å². The van der Waals surface area contributed by atoms with Crippen molar-refractivity contribution in [2.45, 2.75) is 0 Å². The predicted octanol–water partition coefficient (Wildman–Crippen LogP) is 1.49. The van der Waals surface area contributed by atoms with Gasteiger partial charge in [-0.3, -0.25) is 30.7 Å². The Morgan fingerprint density at radius 3 is 2.77 bits per heavy atom. The molecule has 0 aliphatic rings. The molecule has 22 heavy (non-hydrogen) atoms. The third kappa shape index (κ3) is 5.08. The lowest BCUT2D eigenvalue weighted by molar-refractivity contribution is -0.115. The van der Waals surface area contributed by atoms with Crippen molar-refractivity contribution in [2.24, 2.45) is 0 Å². The van der Waals surface area contributed by atoms with Gasteiger partial charge in [-0.15, -0.1) is 11.3 Å². The minimum Gasteiger partial charge on any atom is -0.298 e. The molecular weight excluding hydrogens is 320 g/mol. The molecular formula is C14H12N4O2S2. The number of thiophene rings is 1. The van der Waals surface area contributed by atoms with E-state index in [0.717, 1.165) is 4.88 Å². The fourth-order valence-electron chi connectivity index (χ4n) is 1.41. The van der Waals surface area contributed by atoms with Crippen LogP contribution in [0.2, 0.25) is 0 Å². The van der Waals surface area contributed by atoms with Crippen LogP contribution in [-0.4, -0.2) is 21.9 Å². The summed E-state index contributed by atoms with van der Waals surface area (Å²) in [4.78, 5) is 28.1. The van der Waals surface area contributed by atoms with E-state index in [9.17, 15) is 9.59 Å². The Morgan fingerprint density at radius 1 is 1.23 bits per heavy atom. The number of nitrogens with one attached hydrogen (secondary N) is 3. The number of pyridine rings is 1. The molecule has 112 valence electrons. The van der Waals surface area contributed by atoms with Gasteiger partial charge in [-0.05, 0) is 41.9 Å². The summed E-state index contributed by atoms with van der Waals surface area (Å²) in [7, 11) is 0. The number of aromatic nitrogens is 1. The van der Waals surface area contributed by atoms with Crippen molar-refractivity contribution in [1.82, 2.24) is 21.2 Å². The molecule has 2 amide bonds. The number of carbonyl (C=O) groups is 2. The van der Waals surface area contributed by atoms with Crippen LogP contribution in [0.5, 0.6) is 0 Å². The normalized spacial score (nSPS) is 10.2. The van der Waals surface area contributed by atoms with Gasteiger partial charge in [0, 0.05) is 23.3 Å². The highest BCUT2D eigenvalue weighted by molar-refractivity contribution is 7.80. The Balaban J connectivity index is 1.76. The van der Waals surface area contributed by atoms with Crippen LogP contribution in [0.15, 0.2) is 48.1 Å². The molecule has 0 saturated carbocycles. The molecule has 0 atom stereocenters. The van der Waals surface area contributed by atoms with E-state index in [0.29, 0.717) is 5.56 Å². The second-order valence-corrected chi connectivity index (χ2v) is 5.38. The minimum atomic E-state index is -0.404.